The molecule has 0 aromatic carbocycles. The first kappa shape index (κ1) is 14.8. The fourth-order valence-electron chi connectivity index (χ4n) is 2.14. The maximum absolute atomic E-state index is 11.8. The summed E-state index contributed by atoms with van der Waals surface area (Å²) in [6.45, 7) is 7.70. The third kappa shape index (κ3) is 4.20. The third-order valence-electron chi connectivity index (χ3n) is 3.15. The number of aryl methyl sites for hydroxylation is 2. The number of thiophene rings is 1. The second-order valence-electron chi connectivity index (χ2n) is 5.27. The molecule has 2 aromatic heterocycles. The van der Waals surface area contributed by atoms with Gasteiger partial charge in [0.2, 0.25) is 5.91 Å². The Kier molecular flexibility index (Phi) is 4.95. The predicted octanol–water partition coefficient (Wildman–Crippen LogP) is 2.56. The predicted molar refractivity (Wildman–Crippen MR) is 81.9 cm³/mol. The Labute approximate surface area is 123 Å². The summed E-state index contributed by atoms with van der Waals surface area (Å²) < 4.78 is 2.01. The summed E-state index contributed by atoms with van der Waals surface area (Å²) in [5.74, 6) is 0.452. The highest BCUT2D eigenvalue weighted by molar-refractivity contribution is 7.10. The molecule has 4 nitrogen and oxygen atoms in total. The highest BCUT2D eigenvalue weighted by Gasteiger charge is 2.09. The van der Waals surface area contributed by atoms with Gasteiger partial charge in [-0.25, -0.2) is 0 Å². The summed E-state index contributed by atoms with van der Waals surface area (Å²) in [5.41, 5.74) is 2.20. The van der Waals surface area contributed by atoms with Gasteiger partial charge < -0.3 is 5.32 Å². The van der Waals surface area contributed by atoms with Crippen molar-refractivity contribution in [2.75, 3.05) is 6.54 Å². The van der Waals surface area contributed by atoms with Gasteiger partial charge in [0.25, 0.3) is 0 Å². The standard InChI is InChI=1S/C15H21N3OS/c1-11(10-18-13(3)7-12(2)17-18)9-16-15(19)8-14-5-4-6-20-14/h4-7,11H,8-10H2,1-3H3,(H,16,19). The fraction of sp³-hybridized carbons (Fsp3) is 0.467. The van der Waals surface area contributed by atoms with Crippen molar-refractivity contribution in [2.45, 2.75) is 33.7 Å². The van der Waals surface area contributed by atoms with Crippen molar-refractivity contribution in [1.82, 2.24) is 15.1 Å². The van der Waals surface area contributed by atoms with E-state index in [0.29, 0.717) is 18.9 Å². The molecule has 20 heavy (non-hydrogen) atoms. The van der Waals surface area contributed by atoms with Crippen LogP contribution in [0.5, 0.6) is 0 Å². The van der Waals surface area contributed by atoms with E-state index < -0.39 is 0 Å². The first-order valence-electron chi connectivity index (χ1n) is 6.84. The van der Waals surface area contributed by atoms with Crippen LogP contribution in [-0.4, -0.2) is 22.2 Å². The zero-order chi connectivity index (χ0) is 14.5. The van der Waals surface area contributed by atoms with Gasteiger partial charge in [0.05, 0.1) is 12.1 Å². The topological polar surface area (TPSA) is 46.9 Å². The molecule has 1 atom stereocenters. The van der Waals surface area contributed by atoms with Crippen molar-refractivity contribution in [1.29, 1.82) is 0 Å². The average molecular weight is 291 g/mol. The van der Waals surface area contributed by atoms with Gasteiger partial charge in [0.15, 0.2) is 0 Å². The molecule has 0 aliphatic rings. The van der Waals surface area contributed by atoms with Crippen molar-refractivity contribution in [2.24, 2.45) is 5.92 Å². The molecule has 0 radical (unpaired) electrons. The lowest BCUT2D eigenvalue weighted by Crippen LogP contribution is -2.31. The molecular formula is C15H21N3OS. The monoisotopic (exact) mass is 291 g/mol. The molecule has 5 heteroatoms. The summed E-state index contributed by atoms with van der Waals surface area (Å²) in [6.07, 6.45) is 0.476. The molecule has 108 valence electrons. The van der Waals surface area contributed by atoms with E-state index in [1.54, 1.807) is 11.3 Å². The Balaban J connectivity index is 1.76. The van der Waals surface area contributed by atoms with Crippen LogP contribution >= 0.6 is 11.3 Å². The first-order chi connectivity index (χ1) is 9.54. The molecule has 2 heterocycles. The fourth-order valence-corrected chi connectivity index (χ4v) is 2.85. The van der Waals surface area contributed by atoms with Crippen LogP contribution < -0.4 is 5.32 Å². The van der Waals surface area contributed by atoms with E-state index in [1.165, 1.54) is 5.69 Å². The lowest BCUT2D eigenvalue weighted by Gasteiger charge is -2.13. The van der Waals surface area contributed by atoms with Crippen molar-refractivity contribution in [3.05, 3.63) is 39.8 Å². The average Bonchev–Trinajstić information content (AvgIpc) is 2.98. The second kappa shape index (κ2) is 6.70. The molecule has 0 saturated carbocycles. The van der Waals surface area contributed by atoms with Crippen LogP contribution in [-0.2, 0) is 17.8 Å². The highest BCUT2D eigenvalue weighted by Crippen LogP contribution is 2.09. The Morgan fingerprint density at radius 2 is 2.30 bits per heavy atom. The minimum atomic E-state index is 0.0904. The normalized spacial score (nSPS) is 12.3. The van der Waals surface area contributed by atoms with E-state index in [2.05, 4.69) is 30.3 Å². The maximum Gasteiger partial charge on any atom is 0.225 e. The van der Waals surface area contributed by atoms with Crippen LogP contribution in [0.2, 0.25) is 0 Å². The number of amides is 1. The Bertz CT molecular complexity index is 560. The van der Waals surface area contributed by atoms with E-state index in [0.717, 1.165) is 17.1 Å². The molecule has 0 aliphatic carbocycles. The molecule has 2 rings (SSSR count). The molecule has 1 N–H and O–H groups in total. The largest absolute Gasteiger partial charge is 0.355 e. The molecular weight excluding hydrogens is 270 g/mol. The van der Waals surface area contributed by atoms with Gasteiger partial charge in [0.1, 0.15) is 0 Å². The van der Waals surface area contributed by atoms with Crippen LogP contribution in [0.4, 0.5) is 0 Å². The maximum atomic E-state index is 11.8. The minimum Gasteiger partial charge on any atom is -0.355 e. The van der Waals surface area contributed by atoms with Crippen molar-refractivity contribution >= 4 is 17.2 Å². The summed E-state index contributed by atoms with van der Waals surface area (Å²) in [6, 6.07) is 6.03. The van der Waals surface area contributed by atoms with Gasteiger partial charge in [0, 0.05) is 23.7 Å². The molecule has 0 aliphatic heterocycles. The summed E-state index contributed by atoms with van der Waals surface area (Å²) >= 11 is 1.62. The summed E-state index contributed by atoms with van der Waals surface area (Å²) in [4.78, 5) is 12.9. The summed E-state index contributed by atoms with van der Waals surface area (Å²) in [7, 11) is 0. The van der Waals surface area contributed by atoms with Crippen molar-refractivity contribution in [3.63, 3.8) is 0 Å². The molecule has 0 fully saturated rings. The smallest absolute Gasteiger partial charge is 0.225 e. The molecule has 2 aromatic rings. The number of rotatable bonds is 6. The van der Waals surface area contributed by atoms with Crippen LogP contribution in [0.25, 0.3) is 0 Å². The van der Waals surface area contributed by atoms with Crippen molar-refractivity contribution in [3.8, 4) is 0 Å². The van der Waals surface area contributed by atoms with Gasteiger partial charge in [-0.1, -0.05) is 13.0 Å². The minimum absolute atomic E-state index is 0.0904. The van der Waals surface area contributed by atoms with Gasteiger partial charge in [-0.2, -0.15) is 5.10 Å². The van der Waals surface area contributed by atoms with Gasteiger partial charge >= 0.3 is 0 Å². The number of hydrogen-bond donors (Lipinski definition) is 1. The van der Waals surface area contributed by atoms with E-state index in [-0.39, 0.29) is 5.91 Å². The number of hydrogen-bond acceptors (Lipinski definition) is 3. The van der Waals surface area contributed by atoms with Gasteiger partial charge in [-0.05, 0) is 37.3 Å². The lowest BCUT2D eigenvalue weighted by atomic mass is 10.2. The molecule has 1 amide bonds. The molecule has 1 unspecified atom stereocenters. The molecule has 0 spiro atoms. The quantitative estimate of drug-likeness (QED) is 0.889. The number of aromatic nitrogens is 2. The SMILES string of the molecule is Cc1cc(C)n(CC(C)CNC(=O)Cc2cccs2)n1. The van der Waals surface area contributed by atoms with Gasteiger partial charge in [-0.3, -0.25) is 9.48 Å². The zero-order valence-electron chi connectivity index (χ0n) is 12.2. The molecule has 0 bridgehead atoms. The number of nitrogens with zero attached hydrogens (tertiary/aromatic N) is 2. The Morgan fingerprint density at radius 1 is 1.50 bits per heavy atom. The van der Waals surface area contributed by atoms with E-state index in [4.69, 9.17) is 0 Å². The first-order valence-corrected chi connectivity index (χ1v) is 7.72. The van der Waals surface area contributed by atoms with E-state index >= 15 is 0 Å². The zero-order valence-corrected chi connectivity index (χ0v) is 13.0. The lowest BCUT2D eigenvalue weighted by molar-refractivity contribution is -0.120. The van der Waals surface area contributed by atoms with E-state index in [1.807, 2.05) is 29.1 Å². The highest BCUT2D eigenvalue weighted by atomic mass is 32.1. The van der Waals surface area contributed by atoms with Crippen LogP contribution in [0.3, 0.4) is 0 Å². The summed E-state index contributed by atoms with van der Waals surface area (Å²) in [5, 5.41) is 9.43. The number of carbonyl (C=O) groups excluding carboxylic acids is 1. The van der Waals surface area contributed by atoms with Gasteiger partial charge in [-0.15, -0.1) is 11.3 Å². The van der Waals surface area contributed by atoms with Crippen LogP contribution in [0, 0.1) is 19.8 Å². The van der Waals surface area contributed by atoms with Crippen LogP contribution in [0.15, 0.2) is 23.6 Å². The number of carbonyl (C=O) groups is 1. The van der Waals surface area contributed by atoms with Crippen LogP contribution in [0.1, 0.15) is 23.2 Å². The third-order valence-corrected chi connectivity index (χ3v) is 4.03. The Hall–Kier alpha value is -1.62. The Morgan fingerprint density at radius 3 is 2.90 bits per heavy atom. The number of nitrogens with one attached hydrogen (secondary N) is 1. The van der Waals surface area contributed by atoms with Crippen molar-refractivity contribution < 1.29 is 4.79 Å². The molecule has 0 saturated heterocycles. The van der Waals surface area contributed by atoms with E-state index in [9.17, 15) is 4.79 Å². The second-order valence-corrected chi connectivity index (χ2v) is 6.31.